The van der Waals surface area contributed by atoms with Gasteiger partial charge in [0.25, 0.3) is 5.91 Å². The molecule has 0 atom stereocenters. The van der Waals surface area contributed by atoms with Crippen LogP contribution in [0.1, 0.15) is 23.2 Å². The van der Waals surface area contributed by atoms with Crippen molar-refractivity contribution < 1.29 is 33.0 Å². The van der Waals surface area contributed by atoms with Crippen molar-refractivity contribution in [3.05, 3.63) is 59.7 Å². The zero-order chi connectivity index (χ0) is 20.1. The summed E-state index contributed by atoms with van der Waals surface area (Å²) in [5, 5.41) is 12.2. The normalized spacial score (nSPS) is 15.6. The fourth-order valence-electron chi connectivity index (χ4n) is 2.94. The first-order valence-electron chi connectivity index (χ1n) is 8.72. The van der Waals surface area contributed by atoms with Gasteiger partial charge in [0.15, 0.2) is 11.6 Å². The largest absolute Gasteiger partial charge is 0.481 e. The number of benzene rings is 2. The molecule has 148 valence electrons. The number of aliphatic carboxylic acids is 1. The van der Waals surface area contributed by atoms with Crippen LogP contribution >= 0.6 is 0 Å². The zero-order valence-electron chi connectivity index (χ0n) is 14.9. The van der Waals surface area contributed by atoms with Crippen molar-refractivity contribution in [2.75, 3.05) is 19.8 Å². The van der Waals surface area contributed by atoms with E-state index in [0.717, 1.165) is 6.07 Å². The molecule has 0 bridgehead atoms. The number of carboxylic acids is 1. The Balaban J connectivity index is 1.62. The second-order valence-corrected chi connectivity index (χ2v) is 6.58. The average molecular weight is 391 g/mol. The van der Waals surface area contributed by atoms with Crippen molar-refractivity contribution in [2.24, 2.45) is 5.41 Å². The molecule has 0 unspecified atom stereocenters. The smallest absolute Gasteiger partial charge is 0.311 e. The van der Waals surface area contributed by atoms with Gasteiger partial charge in [0.2, 0.25) is 0 Å². The lowest BCUT2D eigenvalue weighted by Crippen LogP contribution is -2.46. The molecule has 1 amide bonds. The van der Waals surface area contributed by atoms with Gasteiger partial charge in [-0.3, -0.25) is 9.59 Å². The van der Waals surface area contributed by atoms with Crippen molar-refractivity contribution in [2.45, 2.75) is 12.8 Å². The van der Waals surface area contributed by atoms with Gasteiger partial charge in [-0.1, -0.05) is 0 Å². The van der Waals surface area contributed by atoms with Crippen LogP contribution in [0.25, 0.3) is 0 Å². The maximum atomic E-state index is 13.6. The molecule has 1 heterocycles. The molecule has 0 spiro atoms. The number of carboxylic acid groups (broad SMARTS) is 1. The van der Waals surface area contributed by atoms with E-state index in [9.17, 15) is 23.5 Å². The summed E-state index contributed by atoms with van der Waals surface area (Å²) in [7, 11) is 0. The number of amides is 1. The predicted octanol–water partition coefficient (Wildman–Crippen LogP) is 3.37. The van der Waals surface area contributed by atoms with Gasteiger partial charge >= 0.3 is 5.97 Å². The third-order valence-electron chi connectivity index (χ3n) is 4.73. The van der Waals surface area contributed by atoms with Crippen LogP contribution in [0.5, 0.6) is 11.5 Å². The fraction of sp³-hybridized carbons (Fsp3) is 0.300. The quantitative estimate of drug-likeness (QED) is 0.789. The van der Waals surface area contributed by atoms with Crippen LogP contribution in [-0.2, 0) is 9.53 Å². The Hall–Kier alpha value is -3.00. The van der Waals surface area contributed by atoms with Crippen LogP contribution in [0.2, 0.25) is 0 Å². The van der Waals surface area contributed by atoms with Crippen LogP contribution in [0.4, 0.5) is 8.78 Å². The maximum Gasteiger partial charge on any atom is 0.311 e. The van der Waals surface area contributed by atoms with E-state index in [-0.39, 0.29) is 18.0 Å². The topological polar surface area (TPSA) is 84.9 Å². The Kier molecular flexibility index (Phi) is 5.89. The van der Waals surface area contributed by atoms with Crippen molar-refractivity contribution in [3.63, 3.8) is 0 Å². The van der Waals surface area contributed by atoms with Crippen molar-refractivity contribution >= 4 is 11.9 Å². The molecule has 0 saturated carbocycles. The number of rotatable bonds is 6. The lowest BCUT2D eigenvalue weighted by Gasteiger charge is -2.33. The number of carbonyl (C=O) groups is 2. The monoisotopic (exact) mass is 391 g/mol. The molecule has 8 heteroatoms. The van der Waals surface area contributed by atoms with Crippen molar-refractivity contribution in [1.82, 2.24) is 5.32 Å². The second-order valence-electron chi connectivity index (χ2n) is 6.58. The Labute approximate surface area is 160 Å². The lowest BCUT2D eigenvalue weighted by atomic mass is 9.80. The van der Waals surface area contributed by atoms with Gasteiger partial charge in [0.1, 0.15) is 11.6 Å². The van der Waals surface area contributed by atoms with Gasteiger partial charge in [-0.15, -0.1) is 0 Å². The van der Waals surface area contributed by atoms with E-state index in [2.05, 4.69) is 5.32 Å². The minimum Gasteiger partial charge on any atom is -0.481 e. The average Bonchev–Trinajstić information content (AvgIpc) is 2.69. The summed E-state index contributed by atoms with van der Waals surface area (Å²) in [5.41, 5.74) is -0.726. The summed E-state index contributed by atoms with van der Waals surface area (Å²) in [4.78, 5) is 24.0. The lowest BCUT2D eigenvalue weighted by molar-refractivity contribution is -0.154. The molecule has 0 radical (unpaired) electrons. The van der Waals surface area contributed by atoms with Crippen LogP contribution in [0.3, 0.4) is 0 Å². The summed E-state index contributed by atoms with van der Waals surface area (Å²) in [6.45, 7) is 0.686. The number of nitrogens with one attached hydrogen (secondary N) is 1. The van der Waals surface area contributed by atoms with E-state index in [0.29, 0.717) is 37.7 Å². The van der Waals surface area contributed by atoms with E-state index in [1.165, 1.54) is 30.3 Å². The first-order valence-corrected chi connectivity index (χ1v) is 8.72. The van der Waals surface area contributed by atoms with E-state index >= 15 is 0 Å². The molecule has 6 nitrogen and oxygen atoms in total. The van der Waals surface area contributed by atoms with Crippen LogP contribution in [0.15, 0.2) is 42.5 Å². The highest BCUT2D eigenvalue weighted by Gasteiger charge is 2.40. The third-order valence-corrected chi connectivity index (χ3v) is 4.73. The minimum atomic E-state index is -1.03. The van der Waals surface area contributed by atoms with Gasteiger partial charge in [-0.25, -0.2) is 8.78 Å². The van der Waals surface area contributed by atoms with Crippen molar-refractivity contribution in [1.29, 1.82) is 0 Å². The molecule has 3 rings (SSSR count). The Bertz CT molecular complexity index is 863. The molecule has 0 aromatic heterocycles. The molecule has 1 aliphatic heterocycles. The minimum absolute atomic E-state index is 0.00354. The summed E-state index contributed by atoms with van der Waals surface area (Å²) in [5.74, 6) is -2.79. The highest BCUT2D eigenvalue weighted by atomic mass is 19.1. The number of ether oxygens (including phenoxy) is 2. The first kappa shape index (κ1) is 19.8. The highest BCUT2D eigenvalue weighted by Crippen LogP contribution is 2.30. The molecule has 1 aliphatic rings. The molecule has 2 N–H and O–H groups in total. The molecule has 0 aliphatic carbocycles. The standard InChI is InChI=1S/C20H19F2NO5/c21-14-3-6-17(16(22)11-14)28-15-4-1-13(2-5-15)18(24)23-12-20(19(25)26)7-9-27-10-8-20/h1-6,11H,7-10,12H2,(H,23,24)(H,25,26). The summed E-state index contributed by atoms with van der Waals surface area (Å²) >= 11 is 0. The van der Waals surface area contributed by atoms with E-state index < -0.39 is 28.9 Å². The zero-order valence-corrected chi connectivity index (χ0v) is 14.9. The maximum absolute atomic E-state index is 13.6. The molecule has 28 heavy (non-hydrogen) atoms. The van der Waals surface area contributed by atoms with Gasteiger partial charge in [0.05, 0.1) is 5.41 Å². The van der Waals surface area contributed by atoms with Gasteiger partial charge < -0.3 is 19.9 Å². The Morgan fingerprint density at radius 2 is 1.79 bits per heavy atom. The molecule has 1 fully saturated rings. The fourth-order valence-corrected chi connectivity index (χ4v) is 2.94. The van der Waals surface area contributed by atoms with E-state index in [4.69, 9.17) is 9.47 Å². The van der Waals surface area contributed by atoms with Gasteiger partial charge in [0, 0.05) is 31.4 Å². The van der Waals surface area contributed by atoms with Crippen molar-refractivity contribution in [3.8, 4) is 11.5 Å². The van der Waals surface area contributed by atoms with Crippen LogP contribution < -0.4 is 10.1 Å². The molecule has 1 saturated heterocycles. The molecular formula is C20H19F2NO5. The van der Waals surface area contributed by atoms with Crippen LogP contribution in [-0.4, -0.2) is 36.7 Å². The Morgan fingerprint density at radius 3 is 2.39 bits per heavy atom. The van der Waals surface area contributed by atoms with E-state index in [1.54, 1.807) is 0 Å². The summed E-state index contributed by atoms with van der Waals surface area (Å²) < 4.78 is 37.1. The third kappa shape index (κ3) is 4.45. The van der Waals surface area contributed by atoms with Gasteiger partial charge in [-0.2, -0.15) is 0 Å². The number of carbonyl (C=O) groups excluding carboxylic acids is 1. The SMILES string of the molecule is O=C(NCC1(C(=O)O)CCOCC1)c1ccc(Oc2ccc(F)cc2F)cc1. The number of halogens is 2. The first-order chi connectivity index (χ1) is 13.4. The number of hydrogen-bond acceptors (Lipinski definition) is 4. The van der Waals surface area contributed by atoms with Gasteiger partial charge in [-0.05, 0) is 49.2 Å². The predicted molar refractivity (Wildman–Crippen MR) is 95.3 cm³/mol. The molecule has 2 aromatic rings. The number of hydrogen-bond donors (Lipinski definition) is 2. The highest BCUT2D eigenvalue weighted by molar-refractivity contribution is 5.94. The Morgan fingerprint density at radius 1 is 1.11 bits per heavy atom. The van der Waals surface area contributed by atoms with Crippen LogP contribution in [0, 0.1) is 17.0 Å². The molecular weight excluding hydrogens is 372 g/mol. The second kappa shape index (κ2) is 8.35. The molecule has 2 aromatic carbocycles. The summed E-state index contributed by atoms with van der Waals surface area (Å²) in [6.07, 6.45) is 0.664. The van der Waals surface area contributed by atoms with E-state index in [1.807, 2.05) is 0 Å². The summed E-state index contributed by atoms with van der Waals surface area (Å²) in [6, 6.07) is 8.86.